The van der Waals surface area contributed by atoms with Crippen molar-refractivity contribution in [1.29, 1.82) is 0 Å². The van der Waals surface area contributed by atoms with Crippen LogP contribution in [0.15, 0.2) is 72.9 Å². The van der Waals surface area contributed by atoms with Crippen molar-refractivity contribution in [2.24, 2.45) is 0 Å². The van der Waals surface area contributed by atoms with E-state index in [9.17, 15) is 14.9 Å². The van der Waals surface area contributed by atoms with Gasteiger partial charge in [0.25, 0.3) is 5.69 Å². The van der Waals surface area contributed by atoms with Gasteiger partial charge in [0.15, 0.2) is 5.11 Å². The molecule has 2 N–H and O–H groups in total. The Hall–Kier alpha value is -4.97. The average molecular weight is 601 g/mol. The number of para-hydroxylation sites is 2. The molecule has 43 heavy (non-hydrogen) atoms. The van der Waals surface area contributed by atoms with Crippen molar-refractivity contribution in [3.63, 3.8) is 0 Å². The third kappa shape index (κ3) is 5.86. The van der Waals surface area contributed by atoms with Crippen LogP contribution in [0.25, 0.3) is 5.69 Å². The number of pyridine rings is 1. The minimum absolute atomic E-state index is 0.0542. The number of amides is 1. The van der Waals surface area contributed by atoms with E-state index in [0.29, 0.717) is 34.5 Å². The summed E-state index contributed by atoms with van der Waals surface area (Å²) in [4.78, 5) is 30.6. The monoisotopic (exact) mass is 600 g/mol. The largest absolute Gasteiger partial charge is 0.495 e. The third-order valence-electron chi connectivity index (χ3n) is 7.56. The molecule has 0 bridgehead atoms. The number of nitrogens with one attached hydrogen (secondary N) is 2. The molecule has 2 aromatic carbocycles. The van der Waals surface area contributed by atoms with E-state index < -0.39 is 4.92 Å². The van der Waals surface area contributed by atoms with E-state index in [2.05, 4.69) is 21.7 Å². The average Bonchev–Trinajstić information content (AvgIpc) is 3.50. The van der Waals surface area contributed by atoms with Gasteiger partial charge in [-0.15, -0.1) is 0 Å². The van der Waals surface area contributed by atoms with Crippen LogP contribution in [0.3, 0.4) is 0 Å². The second kappa shape index (κ2) is 12.5. The Labute approximate surface area is 254 Å². The van der Waals surface area contributed by atoms with E-state index in [1.807, 2.05) is 53.6 Å². The predicted octanol–water partition coefficient (Wildman–Crippen LogP) is 5.42. The van der Waals surface area contributed by atoms with Crippen LogP contribution < -0.4 is 20.1 Å². The first-order chi connectivity index (χ1) is 20.7. The number of methoxy groups -OCH3 is 2. The van der Waals surface area contributed by atoms with Gasteiger partial charge in [0.2, 0.25) is 5.91 Å². The normalized spacial score (nSPS) is 16.1. The Kier molecular flexibility index (Phi) is 8.58. The molecule has 1 amide bonds. The molecule has 0 spiro atoms. The van der Waals surface area contributed by atoms with E-state index >= 15 is 0 Å². The fraction of sp³-hybridized carbons (Fsp3) is 0.258. The van der Waals surface area contributed by atoms with Crippen LogP contribution in [0.1, 0.15) is 41.1 Å². The van der Waals surface area contributed by atoms with Crippen molar-refractivity contribution < 1.29 is 19.2 Å². The molecule has 4 aromatic rings. The van der Waals surface area contributed by atoms with Gasteiger partial charge in [0.1, 0.15) is 11.5 Å². The Balaban J connectivity index is 1.50. The van der Waals surface area contributed by atoms with Crippen LogP contribution in [-0.2, 0) is 4.79 Å². The molecule has 0 saturated carbocycles. The lowest BCUT2D eigenvalue weighted by molar-refractivity contribution is -0.384. The SMILES string of the molecule is COc1ccccc1NC(=O)CCN1C(=S)N[C@H](c2ccccn2)[C@@H]1c1cc(C)n(-c2ccc([N+](=O)[O-])cc2OC)c1C. The summed E-state index contributed by atoms with van der Waals surface area (Å²) < 4.78 is 12.9. The van der Waals surface area contributed by atoms with E-state index in [1.165, 1.54) is 19.2 Å². The number of aryl methyl sites for hydroxylation is 1. The van der Waals surface area contributed by atoms with Crippen molar-refractivity contribution in [3.8, 4) is 17.2 Å². The van der Waals surface area contributed by atoms with Crippen LogP contribution in [0, 0.1) is 24.0 Å². The Morgan fingerprint density at radius 1 is 1.07 bits per heavy atom. The van der Waals surface area contributed by atoms with E-state index in [1.54, 1.807) is 31.5 Å². The van der Waals surface area contributed by atoms with Gasteiger partial charge in [-0.3, -0.25) is 19.9 Å². The Morgan fingerprint density at radius 2 is 1.81 bits per heavy atom. The Bertz CT molecular complexity index is 1670. The maximum absolute atomic E-state index is 13.1. The Morgan fingerprint density at radius 3 is 2.51 bits per heavy atom. The zero-order chi connectivity index (χ0) is 30.7. The highest BCUT2D eigenvalue weighted by Crippen LogP contribution is 2.42. The molecule has 11 nitrogen and oxygen atoms in total. The number of nitro benzene ring substituents is 1. The van der Waals surface area contributed by atoms with E-state index in [0.717, 1.165) is 22.6 Å². The summed E-state index contributed by atoms with van der Waals surface area (Å²) in [5.74, 6) is 0.790. The lowest BCUT2D eigenvalue weighted by Gasteiger charge is -2.28. The number of benzene rings is 2. The van der Waals surface area contributed by atoms with Gasteiger partial charge in [0.05, 0.1) is 54.4 Å². The molecule has 1 aliphatic heterocycles. The zero-order valence-corrected chi connectivity index (χ0v) is 25.1. The molecular weight excluding hydrogens is 568 g/mol. The van der Waals surface area contributed by atoms with Crippen LogP contribution in [0.4, 0.5) is 11.4 Å². The molecule has 2 atom stereocenters. The number of hydrogen-bond acceptors (Lipinski definition) is 7. The highest BCUT2D eigenvalue weighted by Gasteiger charge is 2.41. The smallest absolute Gasteiger partial charge is 0.273 e. The van der Waals surface area contributed by atoms with Gasteiger partial charge in [-0.05, 0) is 68.0 Å². The number of carbonyl (C=O) groups excluding carboxylic acids is 1. The maximum Gasteiger partial charge on any atom is 0.273 e. The number of ether oxygens (including phenoxy) is 2. The first-order valence-electron chi connectivity index (χ1n) is 13.7. The van der Waals surface area contributed by atoms with Crippen LogP contribution in [-0.4, -0.2) is 51.2 Å². The third-order valence-corrected chi connectivity index (χ3v) is 7.91. The molecule has 12 heteroatoms. The first-order valence-corrected chi connectivity index (χ1v) is 14.1. The molecule has 1 fully saturated rings. The number of non-ortho nitro benzene ring substituents is 1. The second-order valence-electron chi connectivity index (χ2n) is 10.1. The predicted molar refractivity (Wildman–Crippen MR) is 167 cm³/mol. The number of aromatic nitrogens is 2. The van der Waals surface area contributed by atoms with Crippen molar-refractivity contribution in [2.45, 2.75) is 32.4 Å². The first kappa shape index (κ1) is 29.5. The number of carbonyl (C=O) groups is 1. The fourth-order valence-electron chi connectivity index (χ4n) is 5.59. The topological polar surface area (TPSA) is 124 Å². The van der Waals surface area contributed by atoms with Crippen molar-refractivity contribution in [1.82, 2.24) is 19.8 Å². The van der Waals surface area contributed by atoms with Crippen LogP contribution in [0.5, 0.6) is 11.5 Å². The number of thiocarbonyl (C=S) groups is 1. The van der Waals surface area contributed by atoms with E-state index in [-0.39, 0.29) is 30.1 Å². The van der Waals surface area contributed by atoms with Crippen molar-refractivity contribution in [2.75, 3.05) is 26.1 Å². The standard InChI is InChI=1S/C31H32N6O5S/c1-19-17-22(20(2)36(19)25-13-12-21(37(39)40)18-27(25)42-4)30-29(24-10-7-8-15-32-24)34-31(43)35(30)16-14-28(38)33-23-9-5-6-11-26(23)41-3/h5-13,15,17-18,29-30H,14,16H2,1-4H3,(H,33,38)(H,34,43)/t29-,30+/m1/s1. The molecule has 1 aliphatic rings. The maximum atomic E-state index is 13.1. The summed E-state index contributed by atoms with van der Waals surface area (Å²) in [5.41, 5.74) is 4.83. The lowest BCUT2D eigenvalue weighted by atomic mass is 9.96. The minimum Gasteiger partial charge on any atom is -0.495 e. The summed E-state index contributed by atoms with van der Waals surface area (Å²) in [6.07, 6.45) is 1.92. The highest BCUT2D eigenvalue weighted by molar-refractivity contribution is 7.80. The molecular formula is C31H32N6O5S. The molecule has 5 rings (SSSR count). The summed E-state index contributed by atoms with van der Waals surface area (Å²) in [5, 5.41) is 18.3. The van der Waals surface area contributed by atoms with Crippen LogP contribution in [0.2, 0.25) is 0 Å². The molecule has 0 aliphatic carbocycles. The second-order valence-corrected chi connectivity index (χ2v) is 10.5. The molecule has 2 aromatic heterocycles. The number of anilines is 1. The molecule has 0 radical (unpaired) electrons. The molecule has 3 heterocycles. The van der Waals surface area contributed by atoms with Gasteiger partial charge < -0.3 is 29.6 Å². The van der Waals surface area contributed by atoms with Crippen LogP contribution >= 0.6 is 12.2 Å². The summed E-state index contributed by atoms with van der Waals surface area (Å²) >= 11 is 5.82. The molecule has 1 saturated heterocycles. The summed E-state index contributed by atoms with van der Waals surface area (Å²) in [7, 11) is 3.05. The quantitative estimate of drug-likeness (QED) is 0.140. The lowest BCUT2D eigenvalue weighted by Crippen LogP contribution is -2.33. The number of nitrogens with zero attached hydrogens (tertiary/aromatic N) is 4. The number of hydrogen-bond donors (Lipinski definition) is 2. The van der Waals surface area contributed by atoms with Gasteiger partial charge in [-0.1, -0.05) is 18.2 Å². The van der Waals surface area contributed by atoms with Gasteiger partial charge in [0, 0.05) is 36.6 Å². The van der Waals surface area contributed by atoms with Crippen molar-refractivity contribution in [3.05, 3.63) is 106 Å². The fourth-order valence-corrected chi connectivity index (χ4v) is 5.92. The van der Waals surface area contributed by atoms with E-state index in [4.69, 9.17) is 21.7 Å². The number of nitro groups is 1. The van der Waals surface area contributed by atoms with Gasteiger partial charge in [-0.25, -0.2) is 0 Å². The minimum atomic E-state index is -0.447. The van der Waals surface area contributed by atoms with Gasteiger partial charge >= 0.3 is 0 Å². The molecule has 222 valence electrons. The highest BCUT2D eigenvalue weighted by atomic mass is 32.1. The van der Waals surface area contributed by atoms with Gasteiger partial charge in [-0.2, -0.15) is 0 Å². The zero-order valence-electron chi connectivity index (χ0n) is 24.2. The summed E-state index contributed by atoms with van der Waals surface area (Å²) in [6.45, 7) is 4.32. The van der Waals surface area contributed by atoms with Crippen molar-refractivity contribution >= 4 is 34.6 Å². The summed E-state index contributed by atoms with van der Waals surface area (Å²) in [6, 6.07) is 19.1. The number of rotatable bonds is 10. The molecule has 0 unspecified atom stereocenters.